The van der Waals surface area contributed by atoms with Gasteiger partial charge in [-0.25, -0.2) is 0 Å². The van der Waals surface area contributed by atoms with Gasteiger partial charge in [0.25, 0.3) is 5.91 Å². The van der Waals surface area contributed by atoms with Gasteiger partial charge in [0.05, 0.1) is 13.7 Å². The van der Waals surface area contributed by atoms with E-state index in [0.717, 1.165) is 17.5 Å². The molecule has 0 atom stereocenters. The number of rotatable bonds is 7. The summed E-state index contributed by atoms with van der Waals surface area (Å²) in [7, 11) is 1.60. The highest BCUT2D eigenvalue weighted by molar-refractivity contribution is 6.31. The topological polar surface area (TPSA) is 47.6 Å². The number of ether oxygens (including phenoxy) is 2. The molecule has 0 aliphatic rings. The van der Waals surface area contributed by atoms with E-state index < -0.39 is 0 Å². The first-order valence-corrected chi connectivity index (χ1v) is 8.25. The number of carbonyl (C=O) groups is 1. The summed E-state index contributed by atoms with van der Waals surface area (Å²) in [6, 6.07) is 10.7. The van der Waals surface area contributed by atoms with Crippen molar-refractivity contribution in [1.82, 2.24) is 0 Å². The molecule has 0 spiro atoms. The Balaban J connectivity index is 2.15. The molecule has 0 aromatic heterocycles. The van der Waals surface area contributed by atoms with E-state index in [1.54, 1.807) is 31.4 Å². The highest BCUT2D eigenvalue weighted by Crippen LogP contribution is 2.23. The molecule has 1 N–H and O–H groups in total. The van der Waals surface area contributed by atoms with Crippen molar-refractivity contribution in [2.24, 2.45) is 0 Å². The van der Waals surface area contributed by atoms with Crippen molar-refractivity contribution in [3.63, 3.8) is 0 Å². The highest BCUT2D eigenvalue weighted by Gasteiger charge is 2.11. The molecule has 0 unspecified atom stereocenters. The predicted molar refractivity (Wildman–Crippen MR) is 97.1 cm³/mol. The molecule has 0 aliphatic carbocycles. The van der Waals surface area contributed by atoms with Gasteiger partial charge in [-0.15, -0.1) is 0 Å². The van der Waals surface area contributed by atoms with E-state index in [1.165, 1.54) is 0 Å². The summed E-state index contributed by atoms with van der Waals surface area (Å²) >= 11 is 6.09. The standard InChI is InChI=1S/C19H22ClNO3/c1-4-9-24-12-15-10-14(6-8-18(15)23-3)19(22)21-16-7-5-13(2)17(20)11-16/h5-8,10-11H,4,9,12H2,1-3H3,(H,21,22). The minimum atomic E-state index is -0.200. The molecule has 24 heavy (non-hydrogen) atoms. The molecular weight excluding hydrogens is 326 g/mol. The minimum absolute atomic E-state index is 0.200. The fourth-order valence-electron chi connectivity index (χ4n) is 2.23. The van der Waals surface area contributed by atoms with Crippen molar-refractivity contribution in [3.8, 4) is 5.75 Å². The van der Waals surface area contributed by atoms with Crippen LogP contribution in [0.2, 0.25) is 5.02 Å². The summed E-state index contributed by atoms with van der Waals surface area (Å²) in [6.07, 6.45) is 0.941. The predicted octanol–water partition coefficient (Wildman–Crippen LogP) is 4.84. The Bertz CT molecular complexity index is 716. The number of halogens is 1. The molecule has 5 heteroatoms. The average molecular weight is 348 g/mol. The third-order valence-electron chi connectivity index (χ3n) is 3.58. The van der Waals surface area contributed by atoms with Gasteiger partial charge < -0.3 is 14.8 Å². The fraction of sp³-hybridized carbons (Fsp3) is 0.316. The molecule has 0 heterocycles. The Hall–Kier alpha value is -2.04. The lowest BCUT2D eigenvalue weighted by molar-refractivity contribution is 0.102. The van der Waals surface area contributed by atoms with Gasteiger partial charge in [-0.05, 0) is 49.2 Å². The third-order valence-corrected chi connectivity index (χ3v) is 3.99. The zero-order valence-electron chi connectivity index (χ0n) is 14.2. The molecule has 0 radical (unpaired) electrons. The van der Waals surface area contributed by atoms with Gasteiger partial charge >= 0.3 is 0 Å². The Morgan fingerprint density at radius 2 is 2.00 bits per heavy atom. The fourth-order valence-corrected chi connectivity index (χ4v) is 2.41. The van der Waals surface area contributed by atoms with Crippen LogP contribution < -0.4 is 10.1 Å². The number of amides is 1. The SMILES string of the molecule is CCCOCc1cc(C(=O)Nc2ccc(C)c(Cl)c2)ccc1OC. The van der Waals surface area contributed by atoms with Gasteiger partial charge in [-0.1, -0.05) is 24.6 Å². The van der Waals surface area contributed by atoms with Crippen LogP contribution in [-0.4, -0.2) is 19.6 Å². The van der Waals surface area contributed by atoms with Gasteiger partial charge in [0.15, 0.2) is 0 Å². The number of hydrogen-bond acceptors (Lipinski definition) is 3. The maximum Gasteiger partial charge on any atom is 0.255 e. The summed E-state index contributed by atoms with van der Waals surface area (Å²) in [5.74, 6) is 0.510. The Morgan fingerprint density at radius 1 is 1.21 bits per heavy atom. The van der Waals surface area contributed by atoms with Gasteiger partial charge in [0.1, 0.15) is 5.75 Å². The Kier molecular flexibility index (Phi) is 6.64. The normalized spacial score (nSPS) is 10.5. The monoisotopic (exact) mass is 347 g/mol. The largest absolute Gasteiger partial charge is 0.496 e. The molecular formula is C19H22ClNO3. The van der Waals surface area contributed by atoms with Crippen LogP contribution in [0.4, 0.5) is 5.69 Å². The van der Waals surface area contributed by atoms with E-state index in [2.05, 4.69) is 5.32 Å². The first kappa shape index (κ1) is 18.3. The minimum Gasteiger partial charge on any atom is -0.496 e. The lowest BCUT2D eigenvalue weighted by Crippen LogP contribution is -2.12. The van der Waals surface area contributed by atoms with Crippen LogP contribution in [0.1, 0.15) is 34.8 Å². The molecule has 1 amide bonds. The molecule has 0 saturated heterocycles. The van der Waals surface area contributed by atoms with Crippen molar-refractivity contribution in [2.45, 2.75) is 26.9 Å². The first-order chi connectivity index (χ1) is 11.5. The van der Waals surface area contributed by atoms with E-state index in [1.807, 2.05) is 26.0 Å². The van der Waals surface area contributed by atoms with Crippen LogP contribution in [0.25, 0.3) is 0 Å². The lowest BCUT2D eigenvalue weighted by Gasteiger charge is -2.12. The summed E-state index contributed by atoms with van der Waals surface area (Å²) in [5.41, 5.74) is 3.02. The van der Waals surface area contributed by atoms with Gasteiger partial charge in [-0.2, -0.15) is 0 Å². The van der Waals surface area contributed by atoms with Gasteiger partial charge in [0, 0.05) is 28.4 Å². The molecule has 0 saturated carbocycles. The molecule has 2 aromatic rings. The number of aryl methyl sites for hydroxylation is 1. The van der Waals surface area contributed by atoms with E-state index in [4.69, 9.17) is 21.1 Å². The average Bonchev–Trinajstić information content (AvgIpc) is 2.58. The molecule has 128 valence electrons. The number of methoxy groups -OCH3 is 1. The van der Waals surface area contributed by atoms with Crippen molar-refractivity contribution in [3.05, 3.63) is 58.1 Å². The smallest absolute Gasteiger partial charge is 0.255 e. The maximum atomic E-state index is 12.5. The van der Waals surface area contributed by atoms with E-state index in [-0.39, 0.29) is 5.91 Å². The second-order valence-electron chi connectivity index (χ2n) is 5.50. The van der Waals surface area contributed by atoms with Crippen molar-refractivity contribution >= 4 is 23.2 Å². The third kappa shape index (κ3) is 4.73. The summed E-state index contributed by atoms with van der Waals surface area (Å²) < 4.78 is 10.9. The van der Waals surface area contributed by atoms with Crippen LogP contribution in [0.3, 0.4) is 0 Å². The number of anilines is 1. The molecule has 0 bridgehead atoms. The zero-order valence-corrected chi connectivity index (χ0v) is 14.9. The Morgan fingerprint density at radius 3 is 2.67 bits per heavy atom. The van der Waals surface area contributed by atoms with Crippen molar-refractivity contribution in [1.29, 1.82) is 0 Å². The molecule has 0 aliphatic heterocycles. The maximum absolute atomic E-state index is 12.5. The first-order valence-electron chi connectivity index (χ1n) is 7.87. The number of carbonyl (C=O) groups excluding carboxylic acids is 1. The molecule has 0 fully saturated rings. The quantitative estimate of drug-likeness (QED) is 0.729. The van der Waals surface area contributed by atoms with Crippen LogP contribution in [0, 0.1) is 6.92 Å². The van der Waals surface area contributed by atoms with Crippen LogP contribution in [0.5, 0.6) is 5.75 Å². The Labute approximate surface area is 147 Å². The zero-order chi connectivity index (χ0) is 17.5. The lowest BCUT2D eigenvalue weighted by atomic mass is 10.1. The van der Waals surface area contributed by atoms with E-state index >= 15 is 0 Å². The molecule has 4 nitrogen and oxygen atoms in total. The number of hydrogen-bond donors (Lipinski definition) is 1. The highest BCUT2D eigenvalue weighted by atomic mass is 35.5. The second kappa shape index (κ2) is 8.71. The van der Waals surface area contributed by atoms with E-state index in [0.29, 0.717) is 35.2 Å². The van der Waals surface area contributed by atoms with Crippen molar-refractivity contribution in [2.75, 3.05) is 19.0 Å². The molecule has 2 rings (SSSR count). The second-order valence-corrected chi connectivity index (χ2v) is 5.90. The summed E-state index contributed by atoms with van der Waals surface area (Å²) in [4.78, 5) is 12.5. The van der Waals surface area contributed by atoms with Gasteiger partial charge in [0.2, 0.25) is 0 Å². The van der Waals surface area contributed by atoms with E-state index in [9.17, 15) is 4.79 Å². The van der Waals surface area contributed by atoms with Crippen LogP contribution >= 0.6 is 11.6 Å². The van der Waals surface area contributed by atoms with Gasteiger partial charge in [-0.3, -0.25) is 4.79 Å². The van der Waals surface area contributed by atoms with Crippen LogP contribution in [0.15, 0.2) is 36.4 Å². The molecule has 2 aromatic carbocycles. The summed E-state index contributed by atoms with van der Waals surface area (Å²) in [6.45, 7) is 5.05. The number of benzene rings is 2. The van der Waals surface area contributed by atoms with Crippen LogP contribution in [-0.2, 0) is 11.3 Å². The summed E-state index contributed by atoms with van der Waals surface area (Å²) in [5, 5.41) is 3.47. The number of nitrogens with one attached hydrogen (secondary N) is 1. The van der Waals surface area contributed by atoms with Crippen molar-refractivity contribution < 1.29 is 14.3 Å².